The molecular weight excluding hydrogens is 330 g/mol. The van der Waals surface area contributed by atoms with Crippen LogP contribution in [0.2, 0.25) is 0 Å². The molecule has 0 saturated carbocycles. The maximum Gasteiger partial charge on any atom is 0.256 e. The van der Waals surface area contributed by atoms with E-state index < -0.39 is 0 Å². The normalized spacial score (nSPS) is 10.3. The molecule has 1 amide bonds. The number of hydrogen-bond acceptors (Lipinski definition) is 2. The van der Waals surface area contributed by atoms with Crippen molar-refractivity contribution in [3.05, 3.63) is 57.1 Å². The highest BCUT2D eigenvalue weighted by Gasteiger charge is 2.15. The Labute approximate surface area is 133 Å². The van der Waals surface area contributed by atoms with Crippen LogP contribution < -0.4 is 10.1 Å². The van der Waals surface area contributed by atoms with Gasteiger partial charge in [-0.2, -0.15) is 0 Å². The SMILES string of the molecule is COc1ccccc1NC(=O)c1cc(Br)c(C)c(C)c1C. The first kappa shape index (κ1) is 15.6. The van der Waals surface area contributed by atoms with Crippen molar-refractivity contribution in [3.8, 4) is 5.75 Å². The van der Waals surface area contributed by atoms with Crippen LogP contribution in [0.4, 0.5) is 5.69 Å². The van der Waals surface area contributed by atoms with Gasteiger partial charge in [-0.15, -0.1) is 0 Å². The topological polar surface area (TPSA) is 38.3 Å². The van der Waals surface area contributed by atoms with Crippen LogP contribution >= 0.6 is 15.9 Å². The monoisotopic (exact) mass is 347 g/mol. The highest BCUT2D eigenvalue weighted by Crippen LogP contribution is 2.28. The fraction of sp³-hybridized carbons (Fsp3) is 0.235. The van der Waals surface area contributed by atoms with Crippen LogP contribution in [0.5, 0.6) is 5.75 Å². The molecule has 0 aromatic heterocycles. The fourth-order valence-electron chi connectivity index (χ4n) is 2.18. The third-order valence-corrected chi connectivity index (χ3v) is 4.58. The Kier molecular flexibility index (Phi) is 4.68. The first-order chi connectivity index (χ1) is 9.95. The lowest BCUT2D eigenvalue weighted by molar-refractivity contribution is 0.102. The van der Waals surface area contributed by atoms with Crippen LogP contribution in [-0.4, -0.2) is 13.0 Å². The quantitative estimate of drug-likeness (QED) is 0.878. The summed E-state index contributed by atoms with van der Waals surface area (Å²) in [6.07, 6.45) is 0. The number of rotatable bonds is 3. The maximum atomic E-state index is 12.5. The Morgan fingerprint density at radius 2 is 1.76 bits per heavy atom. The van der Waals surface area contributed by atoms with Gasteiger partial charge in [0, 0.05) is 10.0 Å². The van der Waals surface area contributed by atoms with Gasteiger partial charge in [-0.1, -0.05) is 28.1 Å². The molecule has 2 aromatic rings. The standard InChI is InChI=1S/C17H18BrNO2/c1-10-11(2)13(9-14(18)12(10)3)17(20)19-15-7-5-6-8-16(15)21-4/h5-9H,1-4H3,(H,19,20). The van der Waals surface area contributed by atoms with E-state index in [1.165, 1.54) is 0 Å². The minimum atomic E-state index is -0.138. The van der Waals surface area contributed by atoms with Gasteiger partial charge in [0.2, 0.25) is 0 Å². The van der Waals surface area contributed by atoms with Crippen molar-refractivity contribution in [2.24, 2.45) is 0 Å². The van der Waals surface area contributed by atoms with E-state index in [0.29, 0.717) is 17.0 Å². The summed E-state index contributed by atoms with van der Waals surface area (Å²) in [5.74, 6) is 0.507. The second-order valence-electron chi connectivity index (χ2n) is 4.94. The summed E-state index contributed by atoms with van der Waals surface area (Å²) in [5, 5.41) is 2.91. The van der Waals surface area contributed by atoms with Crippen LogP contribution in [0, 0.1) is 20.8 Å². The largest absolute Gasteiger partial charge is 0.495 e. The number of benzene rings is 2. The van der Waals surface area contributed by atoms with Gasteiger partial charge in [-0.25, -0.2) is 0 Å². The minimum absolute atomic E-state index is 0.138. The third kappa shape index (κ3) is 3.10. The van der Waals surface area contributed by atoms with Gasteiger partial charge in [0.15, 0.2) is 0 Å². The second-order valence-corrected chi connectivity index (χ2v) is 5.79. The van der Waals surface area contributed by atoms with Gasteiger partial charge < -0.3 is 10.1 Å². The van der Waals surface area contributed by atoms with Crippen LogP contribution in [0.3, 0.4) is 0 Å². The number of amides is 1. The molecule has 21 heavy (non-hydrogen) atoms. The highest BCUT2D eigenvalue weighted by atomic mass is 79.9. The van der Waals surface area contributed by atoms with Gasteiger partial charge in [0.25, 0.3) is 5.91 Å². The minimum Gasteiger partial charge on any atom is -0.495 e. The number of nitrogens with one attached hydrogen (secondary N) is 1. The van der Waals surface area contributed by atoms with Crippen LogP contribution in [0.25, 0.3) is 0 Å². The molecule has 2 aromatic carbocycles. The molecule has 3 nitrogen and oxygen atoms in total. The molecule has 0 spiro atoms. The molecule has 0 heterocycles. The number of ether oxygens (including phenoxy) is 1. The summed E-state index contributed by atoms with van der Waals surface area (Å²) in [5.41, 5.74) is 4.59. The van der Waals surface area contributed by atoms with Crippen molar-refractivity contribution in [1.29, 1.82) is 0 Å². The predicted octanol–water partition coefficient (Wildman–Crippen LogP) is 4.64. The lowest BCUT2D eigenvalue weighted by Crippen LogP contribution is -2.15. The smallest absolute Gasteiger partial charge is 0.256 e. The molecule has 4 heteroatoms. The zero-order valence-corrected chi connectivity index (χ0v) is 14.2. The van der Waals surface area contributed by atoms with Crippen molar-refractivity contribution < 1.29 is 9.53 Å². The summed E-state index contributed by atoms with van der Waals surface area (Å²) < 4.78 is 6.20. The van der Waals surface area contributed by atoms with E-state index in [4.69, 9.17) is 4.74 Å². The summed E-state index contributed by atoms with van der Waals surface area (Å²) in [4.78, 5) is 12.5. The molecule has 0 fully saturated rings. The van der Waals surface area contributed by atoms with Crippen molar-refractivity contribution >= 4 is 27.5 Å². The Bertz CT molecular complexity index is 695. The number of anilines is 1. The van der Waals surface area contributed by atoms with Gasteiger partial charge >= 0.3 is 0 Å². The average Bonchev–Trinajstić information content (AvgIpc) is 2.49. The van der Waals surface area contributed by atoms with Crippen molar-refractivity contribution in [2.75, 3.05) is 12.4 Å². The first-order valence-electron chi connectivity index (χ1n) is 6.66. The number of halogens is 1. The van der Waals surface area contributed by atoms with E-state index in [9.17, 15) is 4.79 Å². The van der Waals surface area contributed by atoms with E-state index >= 15 is 0 Å². The molecule has 0 aliphatic rings. The van der Waals surface area contributed by atoms with Gasteiger partial charge in [-0.3, -0.25) is 4.79 Å². The van der Waals surface area contributed by atoms with Crippen LogP contribution in [-0.2, 0) is 0 Å². The van der Waals surface area contributed by atoms with Crippen LogP contribution in [0.15, 0.2) is 34.8 Å². The summed E-state index contributed by atoms with van der Waals surface area (Å²) >= 11 is 3.51. The third-order valence-electron chi connectivity index (χ3n) is 3.76. The predicted molar refractivity (Wildman–Crippen MR) is 89.3 cm³/mol. The van der Waals surface area contributed by atoms with E-state index in [2.05, 4.69) is 21.2 Å². The zero-order valence-electron chi connectivity index (χ0n) is 12.6. The van der Waals surface area contributed by atoms with Crippen molar-refractivity contribution in [2.45, 2.75) is 20.8 Å². The lowest BCUT2D eigenvalue weighted by Gasteiger charge is -2.14. The number of para-hydroxylation sites is 2. The average molecular weight is 348 g/mol. The number of hydrogen-bond donors (Lipinski definition) is 1. The zero-order chi connectivity index (χ0) is 15.6. The lowest BCUT2D eigenvalue weighted by atomic mass is 9.98. The number of methoxy groups -OCH3 is 1. The number of carbonyl (C=O) groups is 1. The second kappa shape index (κ2) is 6.31. The van der Waals surface area contributed by atoms with E-state index in [0.717, 1.165) is 21.2 Å². The highest BCUT2D eigenvalue weighted by molar-refractivity contribution is 9.10. The van der Waals surface area contributed by atoms with Crippen molar-refractivity contribution in [1.82, 2.24) is 0 Å². The van der Waals surface area contributed by atoms with Gasteiger partial charge in [0.1, 0.15) is 5.75 Å². The van der Waals surface area contributed by atoms with Crippen LogP contribution in [0.1, 0.15) is 27.0 Å². The molecular formula is C17H18BrNO2. The summed E-state index contributed by atoms with van der Waals surface area (Å²) in [7, 11) is 1.59. The molecule has 0 radical (unpaired) electrons. The Balaban J connectivity index is 2.38. The summed E-state index contributed by atoms with van der Waals surface area (Å²) in [6.45, 7) is 6.02. The molecule has 0 aliphatic heterocycles. The van der Waals surface area contributed by atoms with E-state index in [1.807, 2.05) is 51.1 Å². The molecule has 1 N–H and O–H groups in total. The first-order valence-corrected chi connectivity index (χ1v) is 7.45. The molecule has 0 saturated heterocycles. The van der Waals surface area contributed by atoms with Gasteiger partial charge in [-0.05, 0) is 55.7 Å². The Morgan fingerprint density at radius 3 is 2.43 bits per heavy atom. The molecule has 110 valence electrons. The fourth-order valence-corrected chi connectivity index (χ4v) is 2.71. The van der Waals surface area contributed by atoms with Crippen molar-refractivity contribution in [3.63, 3.8) is 0 Å². The van der Waals surface area contributed by atoms with Gasteiger partial charge in [0.05, 0.1) is 12.8 Å². The molecule has 0 atom stereocenters. The Hall–Kier alpha value is -1.81. The summed E-state index contributed by atoms with van der Waals surface area (Å²) in [6, 6.07) is 9.23. The van der Waals surface area contributed by atoms with E-state index in [-0.39, 0.29) is 5.91 Å². The molecule has 0 bridgehead atoms. The van der Waals surface area contributed by atoms with E-state index in [1.54, 1.807) is 7.11 Å². The molecule has 2 rings (SSSR count). The maximum absolute atomic E-state index is 12.5. The Morgan fingerprint density at radius 1 is 1.10 bits per heavy atom. The molecule has 0 aliphatic carbocycles. The number of carbonyl (C=O) groups excluding carboxylic acids is 1. The molecule has 0 unspecified atom stereocenters.